The minimum absolute atomic E-state index is 0.0696. The number of esters is 2. The average Bonchev–Trinajstić information content (AvgIpc) is 3.09. The van der Waals surface area contributed by atoms with Gasteiger partial charge < -0.3 is 14.6 Å². The van der Waals surface area contributed by atoms with Crippen LogP contribution in [0.2, 0.25) is 0 Å². The summed E-state index contributed by atoms with van der Waals surface area (Å²) in [7, 11) is 2.43. The molecule has 0 amide bonds. The van der Waals surface area contributed by atoms with Gasteiger partial charge in [-0.15, -0.1) is 0 Å². The Morgan fingerprint density at radius 3 is 2.30 bits per heavy atom. The van der Waals surface area contributed by atoms with Crippen LogP contribution in [0.1, 0.15) is 26.4 Å². The summed E-state index contributed by atoms with van der Waals surface area (Å²) in [6.45, 7) is 1.84. The van der Waals surface area contributed by atoms with Crippen LogP contribution in [0.4, 0.5) is 0 Å². The summed E-state index contributed by atoms with van der Waals surface area (Å²) in [5.41, 5.74) is 1.71. The molecule has 1 heterocycles. The number of nitrogens with zero attached hydrogens (tertiary/aromatic N) is 2. The van der Waals surface area contributed by atoms with Gasteiger partial charge in [0, 0.05) is 5.56 Å². The van der Waals surface area contributed by atoms with Crippen molar-refractivity contribution in [1.82, 2.24) is 9.78 Å². The number of carbonyl (C=O) groups excluding carboxylic acids is 2. The molecule has 7 heteroatoms. The molecule has 0 spiro atoms. The molecule has 27 heavy (non-hydrogen) atoms. The van der Waals surface area contributed by atoms with Crippen molar-refractivity contribution in [2.75, 3.05) is 14.2 Å². The predicted octanol–water partition coefficient (Wildman–Crippen LogP) is 3.13. The first-order chi connectivity index (χ1) is 13.0. The number of ether oxygens (including phenoxy) is 2. The van der Waals surface area contributed by atoms with Gasteiger partial charge in [0.05, 0.1) is 19.9 Å². The topological polar surface area (TPSA) is 90.6 Å². The number of rotatable bonds is 4. The Morgan fingerprint density at radius 1 is 1.00 bits per heavy atom. The van der Waals surface area contributed by atoms with Crippen LogP contribution >= 0.6 is 0 Å². The Bertz CT molecular complexity index is 1010. The van der Waals surface area contributed by atoms with E-state index in [0.29, 0.717) is 11.3 Å². The molecule has 1 aromatic heterocycles. The van der Waals surface area contributed by atoms with Gasteiger partial charge in [-0.3, -0.25) is 0 Å². The van der Waals surface area contributed by atoms with Gasteiger partial charge in [-0.05, 0) is 31.2 Å². The van der Waals surface area contributed by atoms with Gasteiger partial charge in [0.2, 0.25) is 0 Å². The molecule has 138 valence electrons. The fourth-order valence-electron chi connectivity index (χ4n) is 2.78. The molecule has 0 saturated carbocycles. The molecule has 1 N–H and O–H groups in total. The monoisotopic (exact) mass is 366 g/mol. The van der Waals surface area contributed by atoms with E-state index >= 15 is 0 Å². The van der Waals surface area contributed by atoms with Crippen LogP contribution in [-0.2, 0) is 9.47 Å². The van der Waals surface area contributed by atoms with Gasteiger partial charge >= 0.3 is 11.9 Å². The number of benzene rings is 2. The third kappa shape index (κ3) is 3.27. The second-order valence-electron chi connectivity index (χ2n) is 5.82. The number of carbonyl (C=O) groups is 2. The Hall–Kier alpha value is -3.61. The fourth-order valence-corrected chi connectivity index (χ4v) is 2.78. The maximum Gasteiger partial charge on any atom is 0.357 e. The number of phenols is 1. The minimum Gasteiger partial charge on any atom is -0.507 e. The summed E-state index contributed by atoms with van der Waals surface area (Å²) >= 11 is 0. The lowest BCUT2D eigenvalue weighted by Crippen LogP contribution is -2.15. The lowest BCUT2D eigenvalue weighted by atomic mass is 10.0. The molecule has 0 bridgehead atoms. The van der Waals surface area contributed by atoms with Crippen molar-refractivity contribution in [3.63, 3.8) is 0 Å². The van der Waals surface area contributed by atoms with E-state index in [-0.39, 0.29) is 22.7 Å². The highest BCUT2D eigenvalue weighted by Crippen LogP contribution is 2.34. The normalized spacial score (nSPS) is 10.5. The van der Waals surface area contributed by atoms with Crippen LogP contribution in [0.3, 0.4) is 0 Å². The molecule has 0 aliphatic carbocycles. The van der Waals surface area contributed by atoms with Crippen molar-refractivity contribution in [3.8, 4) is 22.7 Å². The first kappa shape index (κ1) is 18.2. The van der Waals surface area contributed by atoms with Gasteiger partial charge in [0.15, 0.2) is 5.69 Å². The van der Waals surface area contributed by atoms with Crippen LogP contribution in [0.25, 0.3) is 16.9 Å². The van der Waals surface area contributed by atoms with Crippen molar-refractivity contribution < 1.29 is 24.2 Å². The molecular formula is C20H18N2O5. The van der Waals surface area contributed by atoms with Crippen molar-refractivity contribution >= 4 is 11.9 Å². The Morgan fingerprint density at radius 2 is 1.67 bits per heavy atom. The van der Waals surface area contributed by atoms with E-state index in [1.54, 1.807) is 36.4 Å². The zero-order chi connectivity index (χ0) is 19.6. The first-order valence-corrected chi connectivity index (χ1v) is 8.13. The highest BCUT2D eigenvalue weighted by Gasteiger charge is 2.32. The highest BCUT2D eigenvalue weighted by atomic mass is 16.5. The van der Waals surface area contributed by atoms with Gasteiger partial charge in [-0.1, -0.05) is 29.8 Å². The zero-order valence-corrected chi connectivity index (χ0v) is 15.1. The number of aromatic nitrogens is 2. The second kappa shape index (κ2) is 7.33. The summed E-state index contributed by atoms with van der Waals surface area (Å²) in [4.78, 5) is 25.0. The molecule has 7 nitrogen and oxygen atoms in total. The van der Waals surface area contributed by atoms with Crippen molar-refractivity contribution in [3.05, 3.63) is 65.4 Å². The molecule has 0 radical (unpaired) electrons. The molecule has 0 saturated heterocycles. The van der Waals surface area contributed by atoms with Gasteiger partial charge in [-0.25, -0.2) is 14.3 Å². The molecule has 2 aromatic carbocycles. The number of aromatic hydroxyl groups is 1. The van der Waals surface area contributed by atoms with Crippen molar-refractivity contribution in [1.29, 1.82) is 0 Å². The molecule has 0 aliphatic heterocycles. The lowest BCUT2D eigenvalue weighted by molar-refractivity contribution is 0.0549. The number of hydrogen-bond acceptors (Lipinski definition) is 6. The lowest BCUT2D eigenvalue weighted by Gasteiger charge is -2.07. The van der Waals surface area contributed by atoms with E-state index in [1.807, 2.05) is 13.0 Å². The largest absolute Gasteiger partial charge is 0.507 e. The molecule has 0 atom stereocenters. The smallest absolute Gasteiger partial charge is 0.357 e. The maximum atomic E-state index is 12.5. The summed E-state index contributed by atoms with van der Waals surface area (Å²) in [6.07, 6.45) is 0. The van der Waals surface area contributed by atoms with Gasteiger partial charge in [0.25, 0.3) is 0 Å². The average molecular weight is 366 g/mol. The number of phenolic OH excluding ortho intramolecular Hbond substituents is 1. The summed E-state index contributed by atoms with van der Waals surface area (Å²) in [5, 5.41) is 14.8. The van der Waals surface area contributed by atoms with Crippen molar-refractivity contribution in [2.24, 2.45) is 0 Å². The van der Waals surface area contributed by atoms with Crippen LogP contribution in [-0.4, -0.2) is 41.0 Å². The van der Waals surface area contributed by atoms with E-state index in [4.69, 9.17) is 9.47 Å². The fraction of sp³-hybridized carbons (Fsp3) is 0.150. The van der Waals surface area contributed by atoms with Gasteiger partial charge in [-0.2, -0.15) is 5.10 Å². The van der Waals surface area contributed by atoms with E-state index in [9.17, 15) is 14.7 Å². The summed E-state index contributed by atoms with van der Waals surface area (Å²) < 4.78 is 11.1. The number of methoxy groups -OCH3 is 2. The highest BCUT2D eigenvalue weighted by molar-refractivity contribution is 6.07. The number of para-hydroxylation sites is 1. The number of aryl methyl sites for hydroxylation is 1. The van der Waals surface area contributed by atoms with Crippen LogP contribution in [0.15, 0.2) is 48.5 Å². The second-order valence-corrected chi connectivity index (χ2v) is 5.82. The third-order valence-electron chi connectivity index (χ3n) is 4.06. The van der Waals surface area contributed by atoms with E-state index in [2.05, 4.69) is 5.10 Å². The summed E-state index contributed by atoms with van der Waals surface area (Å²) in [5.74, 6) is -1.57. The standard InChI is InChI=1S/C20H18N2O5/c1-12-9-10-15(23)14(11-12)17-16(19(24)26-2)18(20(25)27-3)22(21-17)13-7-5-4-6-8-13/h4-11,23H,1-3H3. The predicted molar refractivity (Wildman–Crippen MR) is 98.1 cm³/mol. The van der Waals surface area contributed by atoms with E-state index < -0.39 is 11.9 Å². The SMILES string of the molecule is COC(=O)c1c(-c2cc(C)ccc2O)nn(-c2ccccc2)c1C(=O)OC. The Labute approximate surface area is 155 Å². The maximum absolute atomic E-state index is 12.5. The van der Waals surface area contributed by atoms with E-state index in [0.717, 1.165) is 5.56 Å². The van der Waals surface area contributed by atoms with Crippen molar-refractivity contribution in [2.45, 2.75) is 6.92 Å². The first-order valence-electron chi connectivity index (χ1n) is 8.13. The van der Waals surface area contributed by atoms with Crippen LogP contribution < -0.4 is 0 Å². The molecule has 3 rings (SSSR count). The third-order valence-corrected chi connectivity index (χ3v) is 4.06. The molecular weight excluding hydrogens is 348 g/mol. The molecule has 0 aliphatic rings. The van der Waals surface area contributed by atoms with Crippen LogP contribution in [0.5, 0.6) is 5.75 Å². The summed E-state index contributed by atoms with van der Waals surface area (Å²) in [6, 6.07) is 13.8. The quantitative estimate of drug-likeness (QED) is 0.714. The minimum atomic E-state index is -0.756. The molecule has 0 unspecified atom stereocenters. The Balaban J connectivity index is 2.40. The Kier molecular flexibility index (Phi) is 4.94. The molecule has 0 fully saturated rings. The van der Waals surface area contributed by atoms with Gasteiger partial charge in [0.1, 0.15) is 17.0 Å². The molecule has 3 aromatic rings. The van der Waals surface area contributed by atoms with E-state index in [1.165, 1.54) is 25.0 Å². The van der Waals surface area contributed by atoms with Crippen LogP contribution in [0, 0.1) is 6.92 Å². The zero-order valence-electron chi connectivity index (χ0n) is 15.1. The number of hydrogen-bond donors (Lipinski definition) is 1.